The SMILES string of the molecule is CN(C)CCOc1ccc(/C(C=C(N)N)=C/N)c(N2CCC(C(=N)N(C)C=N)CC2)c1C#N. The van der Waals surface area contributed by atoms with Gasteiger partial charge in [0, 0.05) is 49.9 Å². The molecule has 1 aliphatic rings. The molecule has 0 aliphatic carbocycles. The molecule has 10 heteroatoms. The Morgan fingerprint density at radius 3 is 2.45 bits per heavy atom. The van der Waals surface area contributed by atoms with E-state index in [2.05, 4.69) is 11.0 Å². The minimum atomic E-state index is 0.0467. The van der Waals surface area contributed by atoms with Gasteiger partial charge in [-0.1, -0.05) is 0 Å². The lowest BCUT2D eigenvalue weighted by molar-refractivity contribution is 0.261. The van der Waals surface area contributed by atoms with Gasteiger partial charge in [0.2, 0.25) is 0 Å². The highest BCUT2D eigenvalue weighted by atomic mass is 16.5. The number of nitriles is 1. The molecular weight excluding hydrogens is 418 g/mol. The molecule has 0 amide bonds. The van der Waals surface area contributed by atoms with E-state index >= 15 is 0 Å². The molecule has 10 nitrogen and oxygen atoms in total. The lowest BCUT2D eigenvalue weighted by Crippen LogP contribution is -2.41. The van der Waals surface area contributed by atoms with E-state index in [0.29, 0.717) is 42.4 Å². The Morgan fingerprint density at radius 2 is 1.94 bits per heavy atom. The van der Waals surface area contributed by atoms with Crippen molar-refractivity contribution < 1.29 is 4.74 Å². The van der Waals surface area contributed by atoms with Crippen LogP contribution in [-0.4, -0.2) is 69.4 Å². The van der Waals surface area contributed by atoms with Crippen molar-refractivity contribution in [1.29, 1.82) is 16.1 Å². The first-order valence-electron chi connectivity index (χ1n) is 10.8. The highest BCUT2D eigenvalue weighted by molar-refractivity contribution is 5.91. The first-order chi connectivity index (χ1) is 15.7. The van der Waals surface area contributed by atoms with Crippen LogP contribution in [0.2, 0.25) is 0 Å². The van der Waals surface area contributed by atoms with Crippen LogP contribution in [0.1, 0.15) is 24.0 Å². The highest BCUT2D eigenvalue weighted by Crippen LogP contribution is 2.38. The molecule has 1 aromatic rings. The molecule has 0 unspecified atom stereocenters. The van der Waals surface area contributed by atoms with Crippen molar-refractivity contribution in [1.82, 2.24) is 9.80 Å². The number of hydrogen-bond acceptors (Lipinski definition) is 9. The number of rotatable bonds is 9. The Kier molecular flexibility index (Phi) is 9.12. The Morgan fingerprint density at radius 1 is 1.27 bits per heavy atom. The molecule has 0 aromatic heterocycles. The van der Waals surface area contributed by atoms with Crippen LogP contribution in [0.3, 0.4) is 0 Å². The van der Waals surface area contributed by atoms with Crippen LogP contribution in [0.5, 0.6) is 5.75 Å². The quantitative estimate of drug-likeness (QED) is 0.212. The summed E-state index contributed by atoms with van der Waals surface area (Å²) in [5.74, 6) is 1.10. The number of likely N-dealkylation sites (N-methyl/N-ethyl adjacent to an activating group) is 1. The largest absolute Gasteiger partial charge is 0.491 e. The monoisotopic (exact) mass is 453 g/mol. The van der Waals surface area contributed by atoms with Crippen molar-refractivity contribution in [2.45, 2.75) is 12.8 Å². The third kappa shape index (κ3) is 6.40. The Hall–Kier alpha value is -3.71. The molecule has 1 aliphatic heterocycles. The van der Waals surface area contributed by atoms with E-state index in [1.807, 2.05) is 25.1 Å². The number of nitrogens with zero attached hydrogens (tertiary/aromatic N) is 4. The number of nitrogens with two attached hydrogens (primary N) is 3. The van der Waals surface area contributed by atoms with Crippen molar-refractivity contribution in [3.8, 4) is 11.8 Å². The molecule has 0 atom stereocenters. The zero-order valence-corrected chi connectivity index (χ0v) is 19.6. The molecule has 1 heterocycles. The average molecular weight is 454 g/mol. The summed E-state index contributed by atoms with van der Waals surface area (Å²) in [4.78, 5) is 5.66. The fraction of sp³-hybridized carbons (Fsp3) is 0.435. The third-order valence-corrected chi connectivity index (χ3v) is 5.63. The number of ether oxygens (including phenoxy) is 1. The number of allylic oxidation sites excluding steroid dienone is 2. The third-order valence-electron chi connectivity index (χ3n) is 5.63. The van der Waals surface area contributed by atoms with Gasteiger partial charge in [0.05, 0.1) is 17.8 Å². The van der Waals surface area contributed by atoms with Gasteiger partial charge in [-0.25, -0.2) is 0 Å². The Balaban J connectivity index is 2.46. The maximum Gasteiger partial charge on any atom is 0.139 e. The van der Waals surface area contributed by atoms with E-state index < -0.39 is 0 Å². The zero-order valence-electron chi connectivity index (χ0n) is 19.6. The molecule has 178 valence electrons. The van der Waals surface area contributed by atoms with E-state index in [-0.39, 0.29) is 11.7 Å². The predicted octanol–water partition coefficient (Wildman–Crippen LogP) is 1.29. The van der Waals surface area contributed by atoms with Gasteiger partial charge in [-0.05, 0) is 45.1 Å². The van der Waals surface area contributed by atoms with Crippen molar-refractivity contribution in [3.63, 3.8) is 0 Å². The summed E-state index contributed by atoms with van der Waals surface area (Å²) >= 11 is 0. The molecule has 0 saturated carbocycles. The van der Waals surface area contributed by atoms with Crippen LogP contribution in [0, 0.1) is 28.1 Å². The van der Waals surface area contributed by atoms with Crippen LogP contribution in [-0.2, 0) is 0 Å². The van der Waals surface area contributed by atoms with Crippen molar-refractivity contribution in [2.75, 3.05) is 52.3 Å². The molecule has 1 saturated heterocycles. The van der Waals surface area contributed by atoms with E-state index in [9.17, 15) is 5.26 Å². The maximum absolute atomic E-state index is 10.1. The number of piperidine rings is 1. The number of anilines is 1. The second-order valence-electron chi connectivity index (χ2n) is 8.25. The lowest BCUT2D eigenvalue weighted by atomic mass is 9.92. The molecule has 1 fully saturated rings. The van der Waals surface area contributed by atoms with Crippen molar-refractivity contribution in [2.24, 2.45) is 23.1 Å². The van der Waals surface area contributed by atoms with Gasteiger partial charge in [-0.3, -0.25) is 10.8 Å². The fourth-order valence-electron chi connectivity index (χ4n) is 3.83. The lowest BCUT2D eigenvalue weighted by Gasteiger charge is -2.36. The summed E-state index contributed by atoms with van der Waals surface area (Å²) in [5.41, 5.74) is 19.8. The van der Waals surface area contributed by atoms with Gasteiger partial charge in [0.1, 0.15) is 29.8 Å². The number of benzene rings is 1. The average Bonchev–Trinajstić information content (AvgIpc) is 2.80. The van der Waals surface area contributed by atoms with Crippen LogP contribution in [0.25, 0.3) is 5.57 Å². The minimum absolute atomic E-state index is 0.0467. The molecule has 1 aromatic carbocycles. The minimum Gasteiger partial charge on any atom is -0.491 e. The van der Waals surface area contributed by atoms with Crippen molar-refractivity contribution in [3.05, 3.63) is 41.4 Å². The number of amidine groups is 1. The van der Waals surface area contributed by atoms with Crippen LogP contribution in [0.4, 0.5) is 5.69 Å². The smallest absolute Gasteiger partial charge is 0.139 e. The molecular formula is C23H35N9O. The fourth-order valence-corrected chi connectivity index (χ4v) is 3.83. The summed E-state index contributed by atoms with van der Waals surface area (Å²) in [5, 5.41) is 25.8. The van der Waals surface area contributed by atoms with Crippen LogP contribution in [0.15, 0.2) is 30.2 Å². The maximum atomic E-state index is 10.1. The van der Waals surface area contributed by atoms with E-state index in [0.717, 1.165) is 37.0 Å². The number of hydrogen-bond donors (Lipinski definition) is 5. The van der Waals surface area contributed by atoms with Crippen molar-refractivity contribution >= 4 is 23.4 Å². The molecule has 0 spiro atoms. The summed E-state index contributed by atoms with van der Waals surface area (Å²) in [7, 11) is 5.63. The zero-order chi connectivity index (χ0) is 24.5. The van der Waals surface area contributed by atoms with Gasteiger partial charge in [0.15, 0.2) is 0 Å². The standard InChI is InChI=1S/C23H35N9O/c1-30(2)10-11-33-20-5-4-18(17(13-24)12-21(27)28)22(19(20)14-25)32-8-6-16(7-9-32)23(29)31(3)15-26/h4-5,12-13,15-16,26,29H,6-11,24,27-28H2,1-3H3/b17-13+,26-15?,29-23?. The second kappa shape index (κ2) is 11.8. The normalized spacial score (nSPS) is 14.5. The summed E-state index contributed by atoms with van der Waals surface area (Å²) in [6, 6.07) is 5.97. The molecule has 2 rings (SSSR count). The van der Waals surface area contributed by atoms with Gasteiger partial charge in [-0.15, -0.1) is 0 Å². The first kappa shape index (κ1) is 25.5. The molecule has 8 N–H and O–H groups in total. The van der Waals surface area contributed by atoms with E-state index in [1.54, 1.807) is 19.2 Å². The van der Waals surface area contributed by atoms with Gasteiger partial charge < -0.3 is 36.6 Å². The first-order valence-corrected chi connectivity index (χ1v) is 10.8. The Labute approximate surface area is 195 Å². The summed E-state index contributed by atoms with van der Waals surface area (Å²) < 4.78 is 5.95. The second-order valence-corrected chi connectivity index (χ2v) is 8.25. The summed E-state index contributed by atoms with van der Waals surface area (Å²) in [6.07, 6.45) is 5.60. The van der Waals surface area contributed by atoms with Gasteiger partial charge in [0.25, 0.3) is 0 Å². The van der Waals surface area contributed by atoms with E-state index in [1.165, 1.54) is 11.1 Å². The predicted molar refractivity (Wildman–Crippen MR) is 133 cm³/mol. The van der Waals surface area contributed by atoms with Gasteiger partial charge in [-0.2, -0.15) is 5.26 Å². The highest BCUT2D eigenvalue weighted by Gasteiger charge is 2.28. The summed E-state index contributed by atoms with van der Waals surface area (Å²) in [6.45, 7) is 2.45. The van der Waals surface area contributed by atoms with E-state index in [4.69, 9.17) is 32.8 Å². The van der Waals surface area contributed by atoms with Gasteiger partial charge >= 0.3 is 0 Å². The topological polar surface area (TPSA) is 168 Å². The number of nitrogens with one attached hydrogen (secondary N) is 2. The molecule has 0 bridgehead atoms. The van der Waals surface area contributed by atoms with Crippen LogP contribution >= 0.6 is 0 Å². The molecule has 0 radical (unpaired) electrons. The van der Waals surface area contributed by atoms with Crippen LogP contribution < -0.4 is 26.8 Å². The molecule has 33 heavy (non-hydrogen) atoms. The Bertz CT molecular complexity index is 949.